The Morgan fingerprint density at radius 1 is 0.417 bits per heavy atom. The van der Waals surface area contributed by atoms with Crippen molar-refractivity contribution >= 4 is 0 Å². The summed E-state index contributed by atoms with van der Waals surface area (Å²) in [7, 11) is 0. The maximum absolute atomic E-state index is 2.11. The van der Waals surface area contributed by atoms with Gasteiger partial charge in [0.05, 0.1) is 0 Å². The van der Waals surface area contributed by atoms with Gasteiger partial charge in [-0.15, -0.1) is 0 Å². The van der Waals surface area contributed by atoms with Crippen LogP contribution >= 0.6 is 0 Å². The van der Waals surface area contributed by atoms with Crippen molar-refractivity contribution in [3.63, 3.8) is 0 Å². The van der Waals surface area contributed by atoms with Gasteiger partial charge in [0.1, 0.15) is 0 Å². The molecule has 0 aliphatic carbocycles. The summed E-state index contributed by atoms with van der Waals surface area (Å²) < 4.78 is 0. The predicted octanol–water partition coefficient (Wildman–Crippen LogP) is 7.59. The molecule has 24 heavy (non-hydrogen) atoms. The molecule has 128 valence electrons. The van der Waals surface area contributed by atoms with E-state index in [9.17, 15) is 0 Å². The highest BCUT2D eigenvalue weighted by atomic mass is 13.9. The average Bonchev–Trinajstić information content (AvgIpc) is 2.52. The zero-order chi connectivity index (χ0) is 18.2. The third-order valence-electron chi connectivity index (χ3n) is 3.12. The van der Waals surface area contributed by atoms with Gasteiger partial charge < -0.3 is 0 Å². The summed E-state index contributed by atoms with van der Waals surface area (Å²) in [6, 6.07) is 0. The first-order valence-electron chi connectivity index (χ1n) is 8.46. The van der Waals surface area contributed by atoms with E-state index in [4.69, 9.17) is 0 Å². The number of hydrogen-bond donors (Lipinski definition) is 0. The van der Waals surface area contributed by atoms with E-state index in [1.807, 2.05) is 26.0 Å². The minimum absolute atomic E-state index is 1.22. The zero-order valence-corrected chi connectivity index (χ0v) is 16.1. The molecule has 0 nitrogen and oxygen atoms in total. The SMILES string of the molecule is C/C=C/C(C)=C/C=C/C(C)=C/C=C\C=C(C)\C=C\C=C(C)\C=C\C. The van der Waals surface area contributed by atoms with Crippen molar-refractivity contribution in [2.45, 2.75) is 41.5 Å². The van der Waals surface area contributed by atoms with Gasteiger partial charge in [-0.2, -0.15) is 0 Å². The Kier molecular flexibility index (Phi) is 12.9. The van der Waals surface area contributed by atoms with Crippen molar-refractivity contribution in [2.24, 2.45) is 0 Å². The van der Waals surface area contributed by atoms with E-state index in [0.717, 1.165) is 0 Å². The fourth-order valence-electron chi connectivity index (χ4n) is 1.87. The molecule has 0 N–H and O–H groups in total. The second-order valence-corrected chi connectivity index (χ2v) is 5.75. The van der Waals surface area contributed by atoms with E-state index in [1.54, 1.807) is 0 Å². The Balaban J connectivity index is 4.57. The van der Waals surface area contributed by atoms with Crippen molar-refractivity contribution in [3.05, 3.63) is 107 Å². The monoisotopic (exact) mass is 320 g/mol. The lowest BCUT2D eigenvalue weighted by Gasteiger charge is -1.90. The average molecular weight is 321 g/mol. The summed E-state index contributed by atoms with van der Waals surface area (Å²) in [5, 5.41) is 0. The van der Waals surface area contributed by atoms with Crippen LogP contribution in [0, 0.1) is 0 Å². The van der Waals surface area contributed by atoms with E-state index >= 15 is 0 Å². The third-order valence-corrected chi connectivity index (χ3v) is 3.12. The van der Waals surface area contributed by atoms with Crippen LogP contribution in [0.25, 0.3) is 0 Å². The van der Waals surface area contributed by atoms with E-state index < -0.39 is 0 Å². The van der Waals surface area contributed by atoms with Crippen molar-refractivity contribution in [3.8, 4) is 0 Å². The van der Waals surface area contributed by atoms with Gasteiger partial charge in [-0.1, -0.05) is 107 Å². The molecule has 0 rings (SSSR count). The number of rotatable bonds is 8. The van der Waals surface area contributed by atoms with Gasteiger partial charge in [0.2, 0.25) is 0 Å². The molecule has 0 saturated heterocycles. The number of allylic oxidation sites excluding steroid dienone is 18. The summed E-state index contributed by atoms with van der Waals surface area (Å²) >= 11 is 0. The minimum atomic E-state index is 1.22. The summed E-state index contributed by atoms with van der Waals surface area (Å²) in [5.41, 5.74) is 4.95. The van der Waals surface area contributed by atoms with Crippen LogP contribution in [0.2, 0.25) is 0 Å². The summed E-state index contributed by atoms with van der Waals surface area (Å²) in [5.74, 6) is 0. The third kappa shape index (κ3) is 13.3. The quantitative estimate of drug-likeness (QED) is 0.404. The van der Waals surface area contributed by atoms with Crippen LogP contribution in [-0.4, -0.2) is 0 Å². The molecule has 0 aromatic rings. The van der Waals surface area contributed by atoms with Gasteiger partial charge in [0, 0.05) is 0 Å². The molecule has 0 radical (unpaired) electrons. The Labute approximate surface area is 149 Å². The van der Waals surface area contributed by atoms with Crippen LogP contribution in [0.1, 0.15) is 41.5 Å². The second kappa shape index (κ2) is 14.3. The maximum Gasteiger partial charge on any atom is -0.0398 e. The van der Waals surface area contributed by atoms with Gasteiger partial charge in [-0.25, -0.2) is 0 Å². The maximum atomic E-state index is 2.11. The lowest BCUT2D eigenvalue weighted by atomic mass is 10.2. The molecule has 0 heterocycles. The molecule has 0 amide bonds. The molecule has 0 atom stereocenters. The van der Waals surface area contributed by atoms with Crippen molar-refractivity contribution in [2.75, 3.05) is 0 Å². The van der Waals surface area contributed by atoms with Crippen molar-refractivity contribution in [1.82, 2.24) is 0 Å². The smallest absolute Gasteiger partial charge is 0.0398 e. The van der Waals surface area contributed by atoms with Crippen molar-refractivity contribution < 1.29 is 0 Å². The molecule has 0 aliphatic heterocycles. The van der Waals surface area contributed by atoms with E-state index in [0.29, 0.717) is 0 Å². The normalized spacial score (nSPS) is 16.1. The largest absolute Gasteiger partial charge is 0.0874 e. The molecule has 0 spiro atoms. The minimum Gasteiger partial charge on any atom is -0.0874 e. The van der Waals surface area contributed by atoms with Crippen LogP contribution in [0.15, 0.2) is 107 Å². The second-order valence-electron chi connectivity index (χ2n) is 5.75. The van der Waals surface area contributed by atoms with Gasteiger partial charge >= 0.3 is 0 Å². The topological polar surface area (TPSA) is 0 Å². The molecule has 0 bridgehead atoms. The lowest BCUT2D eigenvalue weighted by molar-refractivity contribution is 1.48. The molecule has 0 heteroatoms. The van der Waals surface area contributed by atoms with E-state index in [2.05, 4.69) is 101 Å². The predicted molar refractivity (Wildman–Crippen MR) is 112 cm³/mol. The first-order valence-corrected chi connectivity index (χ1v) is 8.46. The van der Waals surface area contributed by atoms with E-state index in [1.165, 1.54) is 22.3 Å². The molecule has 0 aromatic carbocycles. The molecule has 0 saturated carbocycles. The van der Waals surface area contributed by atoms with Crippen LogP contribution < -0.4 is 0 Å². The highest BCUT2D eigenvalue weighted by Crippen LogP contribution is 2.02. The standard InChI is InChI=1S/C24H32/c1-7-13-21(3)17-11-19-23(5)15-9-10-16-24(6)20-12-18-22(4)14-8-2/h7-20H,1-6H3/b10-9-,13-7+,14-8+,19-11+,20-12+,21-17+,22-18+,23-15+,24-16+. The van der Waals surface area contributed by atoms with Crippen molar-refractivity contribution in [1.29, 1.82) is 0 Å². The Bertz CT molecular complexity index is 565. The molecule has 0 aromatic heterocycles. The fraction of sp³-hybridized carbons (Fsp3) is 0.250. The Morgan fingerprint density at radius 3 is 1.04 bits per heavy atom. The molecule has 0 unspecified atom stereocenters. The van der Waals surface area contributed by atoms with Crippen LogP contribution in [0.3, 0.4) is 0 Å². The Hall–Kier alpha value is -2.34. The van der Waals surface area contributed by atoms with Crippen LogP contribution in [0.4, 0.5) is 0 Å². The van der Waals surface area contributed by atoms with Crippen LogP contribution in [-0.2, 0) is 0 Å². The highest BCUT2D eigenvalue weighted by molar-refractivity contribution is 5.31. The molecular weight excluding hydrogens is 288 g/mol. The first kappa shape index (κ1) is 21.7. The van der Waals surface area contributed by atoms with Crippen LogP contribution in [0.5, 0.6) is 0 Å². The first-order chi connectivity index (χ1) is 11.5. The summed E-state index contributed by atoms with van der Waals surface area (Å²) in [4.78, 5) is 0. The van der Waals surface area contributed by atoms with E-state index in [-0.39, 0.29) is 0 Å². The lowest BCUT2D eigenvalue weighted by Crippen LogP contribution is -1.69. The molecule has 0 aliphatic rings. The van der Waals surface area contributed by atoms with Gasteiger partial charge in [0.25, 0.3) is 0 Å². The zero-order valence-electron chi connectivity index (χ0n) is 16.1. The molecular formula is C24H32. The van der Waals surface area contributed by atoms with Gasteiger partial charge in [-0.05, 0) is 41.5 Å². The Morgan fingerprint density at radius 2 is 0.708 bits per heavy atom. The van der Waals surface area contributed by atoms with Gasteiger partial charge in [-0.3, -0.25) is 0 Å². The molecule has 0 fully saturated rings. The number of hydrogen-bond acceptors (Lipinski definition) is 0. The summed E-state index contributed by atoms with van der Waals surface area (Å²) in [6.07, 6.45) is 29.3. The summed E-state index contributed by atoms with van der Waals surface area (Å²) in [6.45, 7) is 12.5. The van der Waals surface area contributed by atoms with Gasteiger partial charge in [0.15, 0.2) is 0 Å². The highest BCUT2D eigenvalue weighted by Gasteiger charge is 1.81. The fourth-order valence-corrected chi connectivity index (χ4v) is 1.87.